The third-order valence-corrected chi connectivity index (χ3v) is 2.77. The first-order valence-corrected chi connectivity index (χ1v) is 5.52. The molecule has 0 unspecified atom stereocenters. The van der Waals surface area contributed by atoms with E-state index in [1.165, 1.54) is 6.33 Å². The quantitative estimate of drug-likeness (QED) is 0.631. The third-order valence-electron chi connectivity index (χ3n) is 2.24. The maximum absolute atomic E-state index is 5.89. The second-order valence-corrected chi connectivity index (χ2v) is 4.14. The maximum Gasteiger partial charge on any atom is 0.252 e. The number of hydrogen-bond donors (Lipinski definition) is 0. The minimum atomic E-state index is 0.277. The van der Waals surface area contributed by atoms with E-state index in [4.69, 9.17) is 27.6 Å². The number of hydrogen-bond acceptors (Lipinski definition) is 4. The predicted octanol–water partition coefficient (Wildman–Crippen LogP) is 3.59. The molecule has 0 aliphatic heterocycles. The predicted molar refractivity (Wildman–Crippen MR) is 65.1 cm³/mol. The largest absolute Gasteiger partial charge is 0.417 e. The highest BCUT2D eigenvalue weighted by Crippen LogP contribution is 2.26. The molecule has 0 N–H and O–H groups in total. The molecule has 84 valence electrons. The molecule has 0 bridgehead atoms. The minimum absolute atomic E-state index is 0.277. The average Bonchev–Trinajstić information content (AvgIpc) is 2.75. The van der Waals surface area contributed by atoms with Crippen LogP contribution in [0.5, 0.6) is 0 Å². The Kier molecular flexibility index (Phi) is 2.46. The monoisotopic (exact) mass is 265 g/mol. The molecule has 3 aromatic rings. The van der Waals surface area contributed by atoms with Gasteiger partial charge in [0.15, 0.2) is 10.7 Å². The third kappa shape index (κ3) is 1.85. The lowest BCUT2D eigenvalue weighted by Crippen LogP contribution is -1.80. The number of aromatic nitrogens is 3. The summed E-state index contributed by atoms with van der Waals surface area (Å²) in [4.78, 5) is 12.0. The number of benzene rings is 1. The second kappa shape index (κ2) is 3.98. The average molecular weight is 266 g/mol. The molecular weight excluding hydrogens is 261 g/mol. The van der Waals surface area contributed by atoms with Gasteiger partial charge >= 0.3 is 0 Å². The number of nitrogens with zero attached hydrogens (tertiary/aromatic N) is 3. The van der Waals surface area contributed by atoms with Gasteiger partial charge in [0, 0.05) is 10.6 Å². The zero-order valence-electron chi connectivity index (χ0n) is 8.39. The Morgan fingerprint density at radius 1 is 1.00 bits per heavy atom. The molecule has 1 aromatic carbocycles. The van der Waals surface area contributed by atoms with Gasteiger partial charge < -0.3 is 4.42 Å². The van der Waals surface area contributed by atoms with Crippen molar-refractivity contribution in [2.24, 2.45) is 0 Å². The first kappa shape index (κ1) is 10.5. The summed E-state index contributed by atoms with van der Waals surface area (Å²) in [5.74, 6) is 0.444. The van der Waals surface area contributed by atoms with Crippen molar-refractivity contribution in [1.29, 1.82) is 0 Å². The van der Waals surface area contributed by atoms with E-state index in [0.29, 0.717) is 22.1 Å². The van der Waals surface area contributed by atoms with Gasteiger partial charge in [0.1, 0.15) is 6.33 Å². The summed E-state index contributed by atoms with van der Waals surface area (Å²) in [6.45, 7) is 0. The van der Waals surface area contributed by atoms with Crippen LogP contribution in [0.1, 0.15) is 0 Å². The second-order valence-electron chi connectivity index (χ2n) is 3.34. The zero-order valence-corrected chi connectivity index (χ0v) is 9.90. The van der Waals surface area contributed by atoms with Crippen molar-refractivity contribution in [1.82, 2.24) is 15.0 Å². The summed E-state index contributed by atoms with van der Waals surface area (Å²) in [6.07, 6.45) is 1.33. The Hall–Kier alpha value is -1.65. The molecule has 3 rings (SSSR count). The molecule has 17 heavy (non-hydrogen) atoms. The minimum Gasteiger partial charge on any atom is -0.417 e. The molecule has 0 fully saturated rings. The molecule has 0 saturated heterocycles. The fourth-order valence-corrected chi connectivity index (χ4v) is 1.74. The van der Waals surface area contributed by atoms with Crippen molar-refractivity contribution in [2.75, 3.05) is 0 Å². The highest BCUT2D eigenvalue weighted by molar-refractivity contribution is 6.33. The summed E-state index contributed by atoms with van der Waals surface area (Å²) in [7, 11) is 0. The van der Waals surface area contributed by atoms with Gasteiger partial charge in [-0.3, -0.25) is 0 Å². The van der Waals surface area contributed by atoms with E-state index in [1.54, 1.807) is 12.1 Å². The van der Waals surface area contributed by atoms with E-state index in [1.807, 2.05) is 12.1 Å². The van der Waals surface area contributed by atoms with Crippen LogP contribution in [0.3, 0.4) is 0 Å². The van der Waals surface area contributed by atoms with Crippen molar-refractivity contribution in [3.05, 3.63) is 40.8 Å². The zero-order chi connectivity index (χ0) is 11.8. The van der Waals surface area contributed by atoms with Gasteiger partial charge in [-0.05, 0) is 24.3 Å². The van der Waals surface area contributed by atoms with Crippen LogP contribution in [0, 0.1) is 0 Å². The van der Waals surface area contributed by atoms with Crippen molar-refractivity contribution in [3.63, 3.8) is 0 Å². The lowest BCUT2D eigenvalue weighted by molar-refractivity contribution is 0.607. The Bertz CT molecular complexity index is 679. The normalized spacial score (nSPS) is 10.9. The molecule has 6 heteroatoms. The van der Waals surface area contributed by atoms with Gasteiger partial charge in [-0.2, -0.15) is 4.98 Å². The van der Waals surface area contributed by atoms with Crippen LogP contribution in [0.15, 0.2) is 35.0 Å². The Labute approximate surface area is 106 Å². The molecule has 2 aromatic heterocycles. The van der Waals surface area contributed by atoms with Crippen LogP contribution in [0.2, 0.25) is 10.2 Å². The lowest BCUT2D eigenvalue weighted by Gasteiger charge is -1.93. The van der Waals surface area contributed by atoms with Gasteiger partial charge in [0.2, 0.25) is 5.89 Å². The standard InChI is InChI=1S/C11H5Cl2N3O/c12-7-3-1-6(2-4-7)10-16-8-9(13)14-5-15-11(8)17-10/h1-5H. The molecular formula is C11H5Cl2N3O. The SMILES string of the molecule is Clc1ccc(-c2nc3c(Cl)ncnc3o2)cc1. The van der Waals surface area contributed by atoms with Crippen LogP contribution in [0.4, 0.5) is 0 Å². The fraction of sp³-hybridized carbons (Fsp3) is 0. The van der Waals surface area contributed by atoms with Crippen molar-refractivity contribution >= 4 is 34.4 Å². The van der Waals surface area contributed by atoms with Gasteiger partial charge in [-0.15, -0.1) is 0 Å². The van der Waals surface area contributed by atoms with Crippen LogP contribution in [-0.4, -0.2) is 15.0 Å². The van der Waals surface area contributed by atoms with E-state index in [2.05, 4.69) is 15.0 Å². The summed E-state index contributed by atoms with van der Waals surface area (Å²) in [6, 6.07) is 7.15. The Morgan fingerprint density at radius 2 is 1.76 bits per heavy atom. The molecule has 0 amide bonds. The van der Waals surface area contributed by atoms with Crippen LogP contribution < -0.4 is 0 Å². The van der Waals surface area contributed by atoms with E-state index < -0.39 is 0 Å². The molecule has 0 aliphatic rings. The number of oxazole rings is 1. The number of rotatable bonds is 1. The van der Waals surface area contributed by atoms with E-state index in [9.17, 15) is 0 Å². The molecule has 4 nitrogen and oxygen atoms in total. The van der Waals surface area contributed by atoms with E-state index >= 15 is 0 Å². The maximum atomic E-state index is 5.89. The van der Waals surface area contributed by atoms with Crippen molar-refractivity contribution in [3.8, 4) is 11.5 Å². The van der Waals surface area contributed by atoms with Crippen LogP contribution >= 0.6 is 23.2 Å². The topological polar surface area (TPSA) is 51.8 Å². The van der Waals surface area contributed by atoms with Crippen molar-refractivity contribution in [2.45, 2.75) is 0 Å². The lowest BCUT2D eigenvalue weighted by atomic mass is 10.2. The molecule has 2 heterocycles. The van der Waals surface area contributed by atoms with Crippen LogP contribution in [0.25, 0.3) is 22.7 Å². The van der Waals surface area contributed by atoms with Gasteiger partial charge in [-0.1, -0.05) is 23.2 Å². The molecule has 0 radical (unpaired) electrons. The highest BCUT2D eigenvalue weighted by Gasteiger charge is 2.12. The van der Waals surface area contributed by atoms with E-state index in [0.717, 1.165) is 5.56 Å². The summed E-state index contributed by atoms with van der Waals surface area (Å²) < 4.78 is 5.49. The molecule has 0 aliphatic carbocycles. The van der Waals surface area contributed by atoms with Crippen LogP contribution in [-0.2, 0) is 0 Å². The number of halogens is 2. The molecule has 0 spiro atoms. The Morgan fingerprint density at radius 3 is 2.47 bits per heavy atom. The van der Waals surface area contributed by atoms with Gasteiger partial charge in [0.05, 0.1) is 0 Å². The van der Waals surface area contributed by atoms with E-state index in [-0.39, 0.29) is 5.15 Å². The smallest absolute Gasteiger partial charge is 0.252 e. The van der Waals surface area contributed by atoms with Gasteiger partial charge in [-0.25, -0.2) is 9.97 Å². The summed E-state index contributed by atoms with van der Waals surface area (Å²) in [5, 5.41) is 0.932. The molecule has 0 saturated carbocycles. The van der Waals surface area contributed by atoms with Crippen molar-refractivity contribution < 1.29 is 4.42 Å². The van der Waals surface area contributed by atoms with Gasteiger partial charge in [0.25, 0.3) is 5.71 Å². The first-order chi connectivity index (χ1) is 8.24. The number of fused-ring (bicyclic) bond motifs is 1. The summed E-state index contributed by atoms with van der Waals surface area (Å²) in [5.41, 5.74) is 1.64. The highest BCUT2D eigenvalue weighted by atomic mass is 35.5. The fourth-order valence-electron chi connectivity index (χ4n) is 1.44. The first-order valence-electron chi connectivity index (χ1n) is 4.77. The summed E-state index contributed by atoms with van der Waals surface area (Å²) >= 11 is 11.7. The Balaban J connectivity index is 2.18. The molecule has 0 atom stereocenters.